The van der Waals surface area contributed by atoms with E-state index in [-0.39, 0.29) is 31.7 Å². The first-order chi connectivity index (χ1) is 18.5. The van der Waals surface area contributed by atoms with Crippen LogP contribution in [-0.4, -0.2) is 75.3 Å². The van der Waals surface area contributed by atoms with Gasteiger partial charge in [-0.2, -0.15) is 0 Å². The Bertz CT molecular complexity index is 1210. The molecule has 1 aliphatic heterocycles. The first kappa shape index (κ1) is 29.6. The van der Waals surface area contributed by atoms with Crippen LogP contribution >= 0.6 is 0 Å². The lowest BCUT2D eigenvalue weighted by atomic mass is 9.98. The molecule has 2 aromatic rings. The number of hydrogen-bond acceptors (Lipinski definition) is 6. The highest BCUT2D eigenvalue weighted by Crippen LogP contribution is 2.21. The second-order valence-corrected chi connectivity index (χ2v) is 10.1. The summed E-state index contributed by atoms with van der Waals surface area (Å²) < 4.78 is 0. The Labute approximate surface area is 226 Å². The molecule has 212 valence electrons. The van der Waals surface area contributed by atoms with E-state index in [0.29, 0.717) is 19.3 Å². The van der Waals surface area contributed by atoms with Gasteiger partial charge >= 0.3 is 5.97 Å². The minimum absolute atomic E-state index is 0.104. The van der Waals surface area contributed by atoms with Crippen molar-refractivity contribution in [1.29, 1.82) is 0 Å². The highest BCUT2D eigenvalue weighted by molar-refractivity contribution is 5.95. The van der Waals surface area contributed by atoms with Gasteiger partial charge in [0, 0.05) is 36.5 Å². The molecule has 1 saturated heterocycles. The minimum Gasteiger partial charge on any atom is -0.480 e. The smallest absolute Gasteiger partial charge is 0.326 e. The van der Waals surface area contributed by atoms with Crippen molar-refractivity contribution >= 4 is 40.5 Å². The number of aromatic nitrogens is 1. The van der Waals surface area contributed by atoms with E-state index in [1.165, 1.54) is 4.90 Å². The molecule has 0 spiro atoms. The number of aliphatic carboxylic acids is 1. The third-order valence-electron chi connectivity index (χ3n) is 7.41. The number of carboxylic acids is 1. The molecule has 5 unspecified atom stereocenters. The lowest BCUT2D eigenvalue weighted by Crippen LogP contribution is -2.58. The predicted octanol–water partition coefficient (Wildman–Crippen LogP) is 0.395. The number of likely N-dealkylation sites (tertiary alicyclic amines) is 1. The number of amides is 4. The molecule has 39 heavy (non-hydrogen) atoms. The van der Waals surface area contributed by atoms with E-state index in [9.17, 15) is 29.1 Å². The van der Waals surface area contributed by atoms with Gasteiger partial charge in [-0.15, -0.1) is 0 Å². The van der Waals surface area contributed by atoms with Crippen LogP contribution in [0.15, 0.2) is 30.5 Å². The zero-order valence-corrected chi connectivity index (χ0v) is 22.3. The number of primary amides is 1. The summed E-state index contributed by atoms with van der Waals surface area (Å²) in [6.45, 7) is 3.97. The molecule has 0 radical (unpaired) electrons. The van der Waals surface area contributed by atoms with Gasteiger partial charge in [-0.25, -0.2) is 4.79 Å². The summed E-state index contributed by atoms with van der Waals surface area (Å²) >= 11 is 0. The Hall–Kier alpha value is -3.93. The summed E-state index contributed by atoms with van der Waals surface area (Å²) in [7, 11) is 0. The molecule has 0 saturated carbocycles. The summed E-state index contributed by atoms with van der Waals surface area (Å²) in [5, 5.41) is 15.8. The quantitative estimate of drug-likeness (QED) is 0.210. The number of benzene rings is 1. The third-order valence-corrected chi connectivity index (χ3v) is 7.41. The fourth-order valence-electron chi connectivity index (χ4n) is 4.81. The van der Waals surface area contributed by atoms with Gasteiger partial charge in [0.05, 0.1) is 6.04 Å². The first-order valence-electron chi connectivity index (χ1n) is 13.3. The van der Waals surface area contributed by atoms with Crippen LogP contribution in [0.2, 0.25) is 0 Å². The van der Waals surface area contributed by atoms with Gasteiger partial charge in [0.2, 0.25) is 23.6 Å². The molecular formula is C27H38N6O6. The van der Waals surface area contributed by atoms with Crippen molar-refractivity contribution in [3.63, 3.8) is 0 Å². The van der Waals surface area contributed by atoms with Crippen LogP contribution in [0.25, 0.3) is 10.9 Å². The molecule has 3 rings (SSSR count). The lowest BCUT2D eigenvalue weighted by Gasteiger charge is -2.29. The number of carbonyl (C=O) groups is 5. The van der Waals surface area contributed by atoms with E-state index in [1.807, 2.05) is 38.1 Å². The molecule has 1 fully saturated rings. The summed E-state index contributed by atoms with van der Waals surface area (Å²) in [4.78, 5) is 67.5. The number of nitrogens with two attached hydrogens (primary N) is 2. The van der Waals surface area contributed by atoms with Gasteiger partial charge in [-0.05, 0) is 36.8 Å². The normalized spacial score (nSPS) is 18.2. The molecular weight excluding hydrogens is 504 g/mol. The molecule has 5 atom stereocenters. The molecule has 0 bridgehead atoms. The molecule has 1 aliphatic rings. The summed E-state index contributed by atoms with van der Waals surface area (Å²) in [5.41, 5.74) is 13.1. The minimum atomic E-state index is -1.20. The fourth-order valence-corrected chi connectivity index (χ4v) is 4.81. The van der Waals surface area contributed by atoms with Crippen LogP contribution in [0.4, 0.5) is 0 Å². The van der Waals surface area contributed by atoms with Crippen LogP contribution < -0.4 is 22.1 Å². The molecule has 12 heteroatoms. The molecule has 12 nitrogen and oxygen atoms in total. The van der Waals surface area contributed by atoms with Gasteiger partial charge in [0.25, 0.3) is 0 Å². The molecule has 1 aromatic carbocycles. The number of nitrogens with zero attached hydrogens (tertiary/aromatic N) is 1. The van der Waals surface area contributed by atoms with Crippen molar-refractivity contribution < 1.29 is 29.1 Å². The maximum absolute atomic E-state index is 13.6. The van der Waals surface area contributed by atoms with Crippen LogP contribution in [0.1, 0.15) is 51.5 Å². The van der Waals surface area contributed by atoms with Crippen LogP contribution in [0.3, 0.4) is 0 Å². The number of carboxylic acid groups (broad SMARTS) is 1. The number of nitrogens with one attached hydrogen (secondary N) is 3. The number of para-hydroxylation sites is 1. The van der Waals surface area contributed by atoms with Gasteiger partial charge in [-0.3, -0.25) is 19.2 Å². The van der Waals surface area contributed by atoms with E-state index >= 15 is 0 Å². The van der Waals surface area contributed by atoms with Crippen LogP contribution in [0, 0.1) is 5.92 Å². The summed E-state index contributed by atoms with van der Waals surface area (Å²) in [6.07, 6.45) is 3.02. The number of carbonyl (C=O) groups excluding carboxylic acids is 4. The Balaban J connectivity index is 1.87. The van der Waals surface area contributed by atoms with Crippen molar-refractivity contribution in [3.8, 4) is 0 Å². The van der Waals surface area contributed by atoms with E-state index in [2.05, 4.69) is 15.6 Å². The summed E-state index contributed by atoms with van der Waals surface area (Å²) in [5.74, 6) is -3.70. The molecule has 4 amide bonds. The fraction of sp³-hybridized carbons (Fsp3) is 0.519. The number of fused-ring (bicyclic) bond motifs is 1. The predicted molar refractivity (Wildman–Crippen MR) is 144 cm³/mol. The van der Waals surface area contributed by atoms with Gasteiger partial charge in [0.1, 0.15) is 18.1 Å². The SMILES string of the molecule is CCC(C)C(N)C(=O)NC(Cc1c[nH]c2ccccc12)C(=O)NC(CCC(N)=O)C(=O)N1CCCC1C(=O)O. The average molecular weight is 543 g/mol. The Morgan fingerprint density at radius 3 is 2.49 bits per heavy atom. The van der Waals surface area contributed by atoms with E-state index in [4.69, 9.17) is 11.5 Å². The second kappa shape index (κ2) is 13.2. The maximum Gasteiger partial charge on any atom is 0.326 e. The number of hydrogen-bond donors (Lipinski definition) is 6. The van der Waals surface area contributed by atoms with Gasteiger partial charge in [-0.1, -0.05) is 38.5 Å². The Morgan fingerprint density at radius 2 is 1.82 bits per heavy atom. The van der Waals surface area contributed by atoms with Crippen LogP contribution in [-0.2, 0) is 30.4 Å². The molecule has 1 aromatic heterocycles. The van der Waals surface area contributed by atoms with E-state index in [1.54, 1.807) is 6.20 Å². The summed E-state index contributed by atoms with van der Waals surface area (Å²) in [6, 6.07) is 3.36. The molecule has 8 N–H and O–H groups in total. The Kier molecular flexibility index (Phi) is 10.0. The highest BCUT2D eigenvalue weighted by atomic mass is 16.4. The van der Waals surface area contributed by atoms with Crippen molar-refractivity contribution in [2.24, 2.45) is 17.4 Å². The van der Waals surface area contributed by atoms with E-state index < -0.39 is 53.8 Å². The largest absolute Gasteiger partial charge is 0.480 e. The number of rotatable bonds is 13. The van der Waals surface area contributed by atoms with Crippen molar-refractivity contribution in [2.75, 3.05) is 6.54 Å². The first-order valence-corrected chi connectivity index (χ1v) is 13.3. The molecule has 0 aliphatic carbocycles. The average Bonchev–Trinajstić information content (AvgIpc) is 3.57. The van der Waals surface area contributed by atoms with E-state index in [0.717, 1.165) is 16.5 Å². The topological polar surface area (TPSA) is 201 Å². The lowest BCUT2D eigenvalue weighted by molar-refractivity contribution is -0.149. The zero-order chi connectivity index (χ0) is 28.7. The number of H-pyrrole nitrogens is 1. The van der Waals surface area contributed by atoms with Crippen molar-refractivity contribution in [3.05, 3.63) is 36.0 Å². The second-order valence-electron chi connectivity index (χ2n) is 10.1. The third kappa shape index (κ3) is 7.34. The zero-order valence-electron chi connectivity index (χ0n) is 22.3. The monoisotopic (exact) mass is 542 g/mol. The number of aromatic amines is 1. The highest BCUT2D eigenvalue weighted by Gasteiger charge is 2.38. The Morgan fingerprint density at radius 1 is 1.13 bits per heavy atom. The molecule has 2 heterocycles. The van der Waals surface area contributed by atoms with Crippen molar-refractivity contribution in [1.82, 2.24) is 20.5 Å². The van der Waals surface area contributed by atoms with Gasteiger partial charge < -0.3 is 37.1 Å². The van der Waals surface area contributed by atoms with Gasteiger partial charge in [0.15, 0.2) is 0 Å². The van der Waals surface area contributed by atoms with Crippen LogP contribution in [0.5, 0.6) is 0 Å². The van der Waals surface area contributed by atoms with Crippen molar-refractivity contribution in [2.45, 2.75) is 76.5 Å². The standard InChI is InChI=1S/C27H38N6O6/c1-3-15(2)23(29)25(36)32-20(13-16-14-30-18-8-5-4-7-17(16)18)24(35)31-19(10-11-22(28)34)26(37)33-12-6-9-21(33)27(38)39/h4-5,7-8,14-15,19-21,23,30H,3,6,9-13,29H2,1-2H3,(H2,28,34)(H,31,35)(H,32,36)(H,38,39). The maximum atomic E-state index is 13.6.